The van der Waals surface area contributed by atoms with Crippen LogP contribution in [0.5, 0.6) is 0 Å². The zero-order valence-electron chi connectivity index (χ0n) is 15.6. The number of carbonyl (C=O) groups excluding carboxylic acids is 1. The number of aromatic nitrogens is 3. The van der Waals surface area contributed by atoms with Crippen LogP contribution in [0.15, 0.2) is 24.3 Å². The summed E-state index contributed by atoms with van der Waals surface area (Å²) < 4.78 is 1.75. The molecule has 1 aliphatic heterocycles. The topological polar surface area (TPSA) is 63.1 Å². The van der Waals surface area contributed by atoms with Crippen molar-refractivity contribution in [3.63, 3.8) is 0 Å². The molecule has 6 nitrogen and oxygen atoms in total. The highest BCUT2D eigenvalue weighted by Crippen LogP contribution is 2.28. The molecule has 1 aromatic heterocycles. The van der Waals surface area contributed by atoms with Crippen molar-refractivity contribution < 1.29 is 4.79 Å². The van der Waals surface area contributed by atoms with Gasteiger partial charge in [0.15, 0.2) is 5.69 Å². The Morgan fingerprint density at radius 3 is 2.46 bits per heavy atom. The molecule has 4 rings (SSSR count). The number of rotatable bonds is 5. The van der Waals surface area contributed by atoms with E-state index >= 15 is 0 Å². The van der Waals surface area contributed by atoms with Crippen molar-refractivity contribution in [3.05, 3.63) is 41.2 Å². The highest BCUT2D eigenvalue weighted by atomic mass is 16.2. The summed E-state index contributed by atoms with van der Waals surface area (Å²) in [5, 5.41) is 12.0. The van der Waals surface area contributed by atoms with Crippen molar-refractivity contribution in [1.29, 1.82) is 0 Å². The zero-order chi connectivity index (χ0) is 18.1. The van der Waals surface area contributed by atoms with Crippen LogP contribution in [0.1, 0.15) is 47.4 Å². The first kappa shape index (κ1) is 17.2. The van der Waals surface area contributed by atoms with Crippen molar-refractivity contribution in [2.24, 2.45) is 5.92 Å². The fourth-order valence-corrected chi connectivity index (χ4v) is 3.55. The molecule has 0 radical (unpaired) electrons. The molecule has 1 N–H and O–H groups in total. The first-order valence-corrected chi connectivity index (χ1v) is 9.64. The van der Waals surface area contributed by atoms with Crippen LogP contribution in [0.4, 0.5) is 0 Å². The molecule has 0 spiro atoms. The average Bonchev–Trinajstić information content (AvgIpc) is 3.42. The van der Waals surface area contributed by atoms with Crippen LogP contribution in [0.25, 0.3) is 5.69 Å². The summed E-state index contributed by atoms with van der Waals surface area (Å²) in [4.78, 5) is 14.8. The van der Waals surface area contributed by atoms with Crippen molar-refractivity contribution in [2.45, 2.75) is 45.6 Å². The van der Waals surface area contributed by atoms with Gasteiger partial charge in [0.2, 0.25) is 0 Å². The number of amides is 1. The van der Waals surface area contributed by atoms with Crippen LogP contribution in [0.2, 0.25) is 0 Å². The lowest BCUT2D eigenvalue weighted by Crippen LogP contribution is -2.45. The zero-order valence-corrected chi connectivity index (χ0v) is 15.6. The minimum Gasteiger partial charge on any atom is -0.337 e. The summed E-state index contributed by atoms with van der Waals surface area (Å²) in [5.74, 6) is 0.899. The van der Waals surface area contributed by atoms with Crippen molar-refractivity contribution in [2.75, 3.05) is 19.6 Å². The maximum Gasteiger partial charge on any atom is 0.276 e. The van der Waals surface area contributed by atoms with Crippen molar-refractivity contribution in [1.82, 2.24) is 25.2 Å². The molecule has 2 heterocycles. The quantitative estimate of drug-likeness (QED) is 0.897. The van der Waals surface area contributed by atoms with Gasteiger partial charge >= 0.3 is 0 Å². The second-order valence-electron chi connectivity index (χ2n) is 7.69. The Bertz CT molecular complexity index is 770. The van der Waals surface area contributed by atoms with Gasteiger partial charge in [0.1, 0.15) is 0 Å². The Morgan fingerprint density at radius 2 is 1.81 bits per heavy atom. The number of carbonyl (C=O) groups is 1. The van der Waals surface area contributed by atoms with Crippen molar-refractivity contribution >= 4 is 5.91 Å². The number of hydrogen-bond donors (Lipinski definition) is 1. The standard InChI is InChI=1S/C20H27N5O/c1-14-3-7-18(8-4-14)25-15(2)19(22-23-25)20(26)24-11-9-17(10-12-24)21-13-16-5-6-16/h3-4,7-8,16-17,21H,5-6,9-13H2,1-2H3. The number of nitrogens with one attached hydrogen (secondary N) is 1. The summed E-state index contributed by atoms with van der Waals surface area (Å²) in [5.41, 5.74) is 3.39. The Morgan fingerprint density at radius 1 is 1.12 bits per heavy atom. The molecule has 6 heteroatoms. The molecular weight excluding hydrogens is 326 g/mol. The minimum atomic E-state index is 0.00139. The van der Waals surface area contributed by atoms with E-state index < -0.39 is 0 Å². The smallest absolute Gasteiger partial charge is 0.276 e. The summed E-state index contributed by atoms with van der Waals surface area (Å²) in [6, 6.07) is 8.63. The molecule has 2 aliphatic rings. The molecule has 1 amide bonds. The molecule has 0 atom stereocenters. The van der Waals surface area contributed by atoms with Crippen LogP contribution in [0, 0.1) is 19.8 Å². The van der Waals surface area contributed by atoms with Crippen molar-refractivity contribution in [3.8, 4) is 5.69 Å². The van der Waals surface area contributed by atoms with Gasteiger partial charge in [0, 0.05) is 19.1 Å². The molecule has 1 aliphatic carbocycles. The van der Waals surface area contributed by atoms with E-state index in [4.69, 9.17) is 0 Å². The molecule has 1 saturated heterocycles. The van der Waals surface area contributed by atoms with Crippen LogP contribution >= 0.6 is 0 Å². The fraction of sp³-hybridized carbons (Fsp3) is 0.550. The number of aryl methyl sites for hydroxylation is 1. The molecule has 138 valence electrons. The van der Waals surface area contributed by atoms with Crippen LogP contribution in [0.3, 0.4) is 0 Å². The first-order valence-electron chi connectivity index (χ1n) is 9.64. The Hall–Kier alpha value is -2.21. The first-order chi connectivity index (χ1) is 12.6. The highest BCUT2D eigenvalue weighted by molar-refractivity contribution is 5.93. The monoisotopic (exact) mass is 353 g/mol. The van der Waals surface area contributed by atoms with Gasteiger partial charge in [-0.1, -0.05) is 22.9 Å². The van der Waals surface area contributed by atoms with Gasteiger partial charge in [-0.2, -0.15) is 0 Å². The van der Waals surface area contributed by atoms with Gasteiger partial charge in [-0.05, 0) is 64.1 Å². The highest BCUT2D eigenvalue weighted by Gasteiger charge is 2.28. The van der Waals surface area contributed by atoms with Crippen LogP contribution < -0.4 is 5.32 Å². The van der Waals surface area contributed by atoms with Gasteiger partial charge in [-0.15, -0.1) is 5.10 Å². The number of benzene rings is 1. The van der Waals surface area contributed by atoms with E-state index in [0.717, 1.165) is 49.8 Å². The molecule has 26 heavy (non-hydrogen) atoms. The summed E-state index contributed by atoms with van der Waals surface area (Å²) >= 11 is 0. The molecule has 2 fully saturated rings. The fourth-order valence-electron chi connectivity index (χ4n) is 3.55. The van der Waals surface area contributed by atoms with Gasteiger partial charge in [-0.25, -0.2) is 4.68 Å². The van der Waals surface area contributed by atoms with E-state index in [1.165, 1.54) is 18.4 Å². The maximum atomic E-state index is 12.9. The maximum absolute atomic E-state index is 12.9. The van der Waals surface area contributed by atoms with Gasteiger partial charge in [0.05, 0.1) is 11.4 Å². The van der Waals surface area contributed by atoms with Crippen LogP contribution in [-0.2, 0) is 0 Å². The third kappa shape index (κ3) is 3.65. The molecule has 1 saturated carbocycles. The third-order valence-corrected chi connectivity index (χ3v) is 5.55. The number of piperidine rings is 1. The van der Waals surface area contributed by atoms with E-state index in [0.29, 0.717) is 11.7 Å². The molecule has 2 aromatic rings. The largest absolute Gasteiger partial charge is 0.337 e. The number of hydrogen-bond acceptors (Lipinski definition) is 4. The lowest BCUT2D eigenvalue weighted by atomic mass is 10.0. The molecule has 0 unspecified atom stereocenters. The second kappa shape index (κ2) is 7.19. The lowest BCUT2D eigenvalue weighted by Gasteiger charge is -2.32. The summed E-state index contributed by atoms with van der Waals surface area (Å²) in [7, 11) is 0. The summed E-state index contributed by atoms with van der Waals surface area (Å²) in [6.45, 7) is 6.69. The average molecular weight is 353 g/mol. The number of nitrogens with zero attached hydrogens (tertiary/aromatic N) is 4. The second-order valence-corrected chi connectivity index (χ2v) is 7.69. The van der Waals surface area contributed by atoms with E-state index in [2.05, 4.69) is 22.6 Å². The minimum absolute atomic E-state index is 0.00139. The summed E-state index contributed by atoms with van der Waals surface area (Å²) in [6.07, 6.45) is 4.79. The Kier molecular flexibility index (Phi) is 4.76. The number of likely N-dealkylation sites (tertiary alicyclic amines) is 1. The Balaban J connectivity index is 1.40. The molecule has 1 aromatic carbocycles. The van der Waals surface area contributed by atoms with E-state index in [1.54, 1.807) is 4.68 Å². The van der Waals surface area contributed by atoms with E-state index in [9.17, 15) is 4.79 Å². The third-order valence-electron chi connectivity index (χ3n) is 5.55. The van der Waals surface area contributed by atoms with E-state index in [1.807, 2.05) is 36.1 Å². The van der Waals surface area contributed by atoms with Gasteiger partial charge in [-0.3, -0.25) is 4.79 Å². The SMILES string of the molecule is Cc1ccc(-n2nnc(C(=O)N3CCC(NCC4CC4)CC3)c2C)cc1. The predicted octanol–water partition coefficient (Wildman–Crippen LogP) is 2.49. The van der Waals surface area contributed by atoms with Gasteiger partial charge in [0.25, 0.3) is 5.91 Å². The normalized spacial score (nSPS) is 18.3. The van der Waals surface area contributed by atoms with Crippen LogP contribution in [-0.4, -0.2) is 51.5 Å². The predicted molar refractivity (Wildman–Crippen MR) is 100 cm³/mol. The van der Waals surface area contributed by atoms with E-state index in [-0.39, 0.29) is 5.91 Å². The molecule has 0 bridgehead atoms. The van der Waals surface area contributed by atoms with Gasteiger partial charge < -0.3 is 10.2 Å². The lowest BCUT2D eigenvalue weighted by molar-refractivity contribution is 0.0698. The molecular formula is C20H27N5O. The Labute approximate surface area is 154 Å².